The maximum absolute atomic E-state index is 4.83. The second kappa shape index (κ2) is 3.90. The average Bonchev–Trinajstić information content (AvgIpc) is 2.67. The zero-order valence-electron chi connectivity index (χ0n) is 7.74. The zero-order valence-corrected chi connectivity index (χ0v) is 7.74. The second-order valence-corrected chi connectivity index (χ2v) is 2.70. The first-order valence-electron chi connectivity index (χ1n) is 4.17. The van der Waals surface area contributed by atoms with E-state index in [4.69, 9.17) is 4.74 Å². The molecule has 0 amide bonds. The van der Waals surface area contributed by atoms with Crippen LogP contribution in [0.2, 0.25) is 0 Å². The molecule has 0 aliphatic rings. The van der Waals surface area contributed by atoms with Crippen LogP contribution in [-0.4, -0.2) is 28.7 Å². The Labute approximate surface area is 81.3 Å². The molecule has 0 unspecified atom stereocenters. The number of H-pyrrole nitrogens is 1. The predicted molar refractivity (Wildman–Crippen MR) is 52.6 cm³/mol. The molecule has 4 heteroatoms. The molecule has 70 valence electrons. The molecule has 2 aromatic rings. The van der Waals surface area contributed by atoms with Gasteiger partial charge in [-0.2, -0.15) is 0 Å². The van der Waals surface area contributed by atoms with Gasteiger partial charge in [-0.1, -0.05) is 5.92 Å². The smallest absolute Gasteiger partial charge is 0.141 e. The van der Waals surface area contributed by atoms with Crippen molar-refractivity contribution >= 4 is 11.0 Å². The molecule has 0 atom stereocenters. The van der Waals surface area contributed by atoms with E-state index >= 15 is 0 Å². The van der Waals surface area contributed by atoms with E-state index in [0.717, 1.165) is 16.7 Å². The molecule has 0 spiro atoms. The van der Waals surface area contributed by atoms with E-state index in [1.54, 1.807) is 7.11 Å². The predicted octanol–water partition coefficient (Wildman–Crippen LogP) is 0.956. The van der Waals surface area contributed by atoms with Crippen LogP contribution in [0.3, 0.4) is 0 Å². The van der Waals surface area contributed by atoms with Crippen LogP contribution in [0.5, 0.6) is 0 Å². The third kappa shape index (κ3) is 1.58. The Morgan fingerprint density at radius 2 is 2.43 bits per heavy atom. The third-order valence-electron chi connectivity index (χ3n) is 1.78. The molecule has 0 bridgehead atoms. The van der Waals surface area contributed by atoms with E-state index in [9.17, 15) is 0 Å². The van der Waals surface area contributed by atoms with Gasteiger partial charge in [0.1, 0.15) is 24.3 Å². The van der Waals surface area contributed by atoms with Crippen LogP contribution < -0.4 is 0 Å². The molecule has 0 saturated carbocycles. The van der Waals surface area contributed by atoms with Gasteiger partial charge in [0.2, 0.25) is 0 Å². The van der Waals surface area contributed by atoms with Gasteiger partial charge in [0.25, 0.3) is 0 Å². The third-order valence-corrected chi connectivity index (χ3v) is 1.78. The Bertz CT molecular complexity index is 493. The molecule has 4 nitrogen and oxygen atoms in total. The lowest BCUT2D eigenvalue weighted by molar-refractivity contribution is 0.240. The molecule has 2 rings (SSSR count). The van der Waals surface area contributed by atoms with Gasteiger partial charge >= 0.3 is 0 Å². The molecule has 0 fully saturated rings. The molecule has 0 saturated heterocycles. The molecule has 2 heterocycles. The largest absolute Gasteiger partial charge is 0.372 e. The van der Waals surface area contributed by atoms with Gasteiger partial charge in [-0.15, -0.1) is 0 Å². The van der Waals surface area contributed by atoms with Gasteiger partial charge in [-0.05, 0) is 12.0 Å². The van der Waals surface area contributed by atoms with Gasteiger partial charge in [0.05, 0.1) is 5.39 Å². The summed E-state index contributed by atoms with van der Waals surface area (Å²) in [7, 11) is 1.61. The van der Waals surface area contributed by atoms with Crippen molar-refractivity contribution < 1.29 is 4.74 Å². The highest BCUT2D eigenvalue weighted by molar-refractivity contribution is 5.80. The zero-order chi connectivity index (χ0) is 9.80. The average molecular weight is 187 g/mol. The van der Waals surface area contributed by atoms with Crippen molar-refractivity contribution in [2.24, 2.45) is 0 Å². The number of ether oxygens (including phenoxy) is 1. The van der Waals surface area contributed by atoms with E-state index < -0.39 is 0 Å². The summed E-state index contributed by atoms with van der Waals surface area (Å²) in [5.41, 5.74) is 1.54. The number of nitrogens with one attached hydrogen (secondary N) is 1. The van der Waals surface area contributed by atoms with Crippen LogP contribution in [0.25, 0.3) is 11.0 Å². The molecular formula is C10H9N3O. The maximum atomic E-state index is 4.83. The standard InChI is InChI=1S/C10H9N3O/c1-14-6-2-3-9-8-4-5-11-10(8)13-7-12-9/h4-5,7H,6H2,1H3,(H,11,12,13). The summed E-state index contributed by atoms with van der Waals surface area (Å²) in [5.74, 6) is 5.79. The van der Waals surface area contributed by atoms with E-state index in [2.05, 4.69) is 26.8 Å². The first-order valence-corrected chi connectivity index (χ1v) is 4.17. The highest BCUT2D eigenvalue weighted by Crippen LogP contribution is 2.10. The lowest BCUT2D eigenvalue weighted by atomic mass is 10.3. The molecule has 0 aliphatic carbocycles. The molecule has 0 aliphatic heterocycles. The summed E-state index contributed by atoms with van der Waals surface area (Å²) < 4.78 is 4.83. The molecule has 0 radical (unpaired) electrons. The van der Waals surface area contributed by atoms with Crippen LogP contribution in [0.15, 0.2) is 18.6 Å². The fourth-order valence-corrected chi connectivity index (χ4v) is 1.16. The number of rotatable bonds is 1. The van der Waals surface area contributed by atoms with Crippen molar-refractivity contribution in [2.45, 2.75) is 0 Å². The minimum absolute atomic E-state index is 0.413. The maximum Gasteiger partial charge on any atom is 0.141 e. The van der Waals surface area contributed by atoms with Crippen molar-refractivity contribution in [2.75, 3.05) is 13.7 Å². The van der Waals surface area contributed by atoms with Crippen LogP contribution in [0.1, 0.15) is 5.69 Å². The van der Waals surface area contributed by atoms with E-state index in [-0.39, 0.29) is 0 Å². The van der Waals surface area contributed by atoms with Crippen LogP contribution in [0, 0.1) is 11.8 Å². The summed E-state index contributed by atoms with van der Waals surface area (Å²) in [6, 6.07) is 1.91. The minimum Gasteiger partial charge on any atom is -0.372 e. The van der Waals surface area contributed by atoms with Crippen LogP contribution >= 0.6 is 0 Å². The first-order chi connectivity index (χ1) is 6.92. The molecule has 1 N–H and O–H groups in total. The summed E-state index contributed by atoms with van der Waals surface area (Å²) >= 11 is 0. The van der Waals surface area contributed by atoms with E-state index in [0.29, 0.717) is 6.61 Å². The number of fused-ring (bicyclic) bond motifs is 1. The minimum atomic E-state index is 0.413. The Morgan fingerprint density at radius 1 is 1.50 bits per heavy atom. The number of aromatic amines is 1. The van der Waals surface area contributed by atoms with Crippen LogP contribution in [0.4, 0.5) is 0 Å². The first kappa shape index (κ1) is 8.73. The fraction of sp³-hybridized carbons (Fsp3) is 0.200. The molecule has 14 heavy (non-hydrogen) atoms. The quantitative estimate of drug-likeness (QED) is 0.676. The lowest BCUT2D eigenvalue weighted by Gasteiger charge is -1.91. The normalized spacial score (nSPS) is 9.79. The lowest BCUT2D eigenvalue weighted by Crippen LogP contribution is -1.87. The topological polar surface area (TPSA) is 50.8 Å². The van der Waals surface area contributed by atoms with Crippen molar-refractivity contribution in [3.05, 3.63) is 24.3 Å². The monoisotopic (exact) mass is 187 g/mol. The number of aromatic nitrogens is 3. The Balaban J connectivity index is 2.43. The molecule has 2 aromatic heterocycles. The van der Waals surface area contributed by atoms with E-state index in [1.165, 1.54) is 6.33 Å². The highest BCUT2D eigenvalue weighted by atomic mass is 16.5. The number of hydrogen-bond donors (Lipinski definition) is 1. The van der Waals surface area contributed by atoms with Crippen LogP contribution in [-0.2, 0) is 4.74 Å². The Kier molecular flexibility index (Phi) is 2.43. The number of methoxy groups -OCH3 is 1. The summed E-state index contributed by atoms with van der Waals surface area (Å²) in [6.45, 7) is 0.413. The van der Waals surface area contributed by atoms with Crippen molar-refractivity contribution in [1.82, 2.24) is 15.0 Å². The summed E-state index contributed by atoms with van der Waals surface area (Å²) in [6.07, 6.45) is 3.32. The van der Waals surface area contributed by atoms with E-state index in [1.807, 2.05) is 12.3 Å². The van der Waals surface area contributed by atoms with Gasteiger partial charge < -0.3 is 9.72 Å². The van der Waals surface area contributed by atoms with Crippen molar-refractivity contribution in [1.29, 1.82) is 0 Å². The number of nitrogens with zero attached hydrogens (tertiary/aromatic N) is 2. The SMILES string of the molecule is COCC#Cc1ncnc2[nH]ccc12. The highest BCUT2D eigenvalue weighted by Gasteiger charge is 1.99. The second-order valence-electron chi connectivity index (χ2n) is 2.70. The van der Waals surface area contributed by atoms with Gasteiger partial charge in [-0.25, -0.2) is 9.97 Å². The Hall–Kier alpha value is -1.86. The fourth-order valence-electron chi connectivity index (χ4n) is 1.16. The number of hydrogen-bond acceptors (Lipinski definition) is 3. The Morgan fingerprint density at radius 3 is 3.29 bits per heavy atom. The molecule has 0 aromatic carbocycles. The summed E-state index contributed by atoms with van der Waals surface area (Å²) in [4.78, 5) is 11.2. The van der Waals surface area contributed by atoms with Crippen molar-refractivity contribution in [3.8, 4) is 11.8 Å². The van der Waals surface area contributed by atoms with Gasteiger partial charge in [-0.3, -0.25) is 0 Å². The summed E-state index contributed by atoms with van der Waals surface area (Å²) in [5, 5.41) is 0.941. The van der Waals surface area contributed by atoms with Crippen molar-refractivity contribution in [3.63, 3.8) is 0 Å². The van der Waals surface area contributed by atoms with Gasteiger partial charge in [0, 0.05) is 13.3 Å². The van der Waals surface area contributed by atoms with Gasteiger partial charge in [0.15, 0.2) is 0 Å². The molecular weight excluding hydrogens is 178 g/mol.